The molecule has 0 saturated heterocycles. The average Bonchev–Trinajstić information content (AvgIpc) is 2.04. The van der Waals surface area contributed by atoms with Gasteiger partial charge in [0.25, 0.3) is 0 Å². The van der Waals surface area contributed by atoms with E-state index >= 15 is 0 Å². The van der Waals surface area contributed by atoms with Gasteiger partial charge in [0.05, 0.1) is 5.69 Å². The van der Waals surface area contributed by atoms with E-state index in [9.17, 15) is 0 Å². The fourth-order valence-corrected chi connectivity index (χ4v) is 1.57. The van der Waals surface area contributed by atoms with Crippen molar-refractivity contribution in [3.8, 4) is 5.75 Å². The van der Waals surface area contributed by atoms with Crippen LogP contribution >= 0.6 is 35.0 Å². The number of rotatable bonds is 0. The molecule has 1 heterocycles. The van der Waals surface area contributed by atoms with E-state index in [0.717, 1.165) is 24.6 Å². The summed E-state index contributed by atoms with van der Waals surface area (Å²) in [5.41, 5.74) is 1.11. The van der Waals surface area contributed by atoms with Crippen LogP contribution in [0.3, 0.4) is 0 Å². The molecule has 0 amide bonds. The molecule has 1 N–H and O–H groups in total. The summed E-state index contributed by atoms with van der Waals surface area (Å²) in [4.78, 5) is 0. The molecule has 0 aliphatic carbocycles. The van der Waals surface area contributed by atoms with Crippen LogP contribution in [0, 0.1) is 3.57 Å². The lowest BCUT2D eigenvalue weighted by Crippen LogP contribution is -2.17. The Kier molecular flexibility index (Phi) is 3.46. The van der Waals surface area contributed by atoms with Gasteiger partial charge in [-0.05, 0) is 40.8 Å². The molecule has 2 rings (SSSR count). The Labute approximate surface area is 91.2 Å². The van der Waals surface area contributed by atoms with E-state index in [1.165, 1.54) is 3.57 Å². The summed E-state index contributed by atoms with van der Waals surface area (Å²) in [5.74, 6) is 0.975. The van der Waals surface area contributed by atoms with E-state index in [-0.39, 0.29) is 12.4 Å². The molecule has 1 aliphatic rings. The fraction of sp³-hybridized carbons (Fsp3) is 0.250. The Morgan fingerprint density at radius 2 is 2.25 bits per heavy atom. The molecule has 66 valence electrons. The minimum Gasteiger partial charge on any atom is -0.490 e. The van der Waals surface area contributed by atoms with Crippen LogP contribution in [0.2, 0.25) is 0 Å². The largest absolute Gasteiger partial charge is 0.490 e. The lowest BCUT2D eigenvalue weighted by atomic mass is 10.2. The Morgan fingerprint density at radius 1 is 1.42 bits per heavy atom. The second-order valence-corrected chi connectivity index (χ2v) is 3.66. The van der Waals surface area contributed by atoms with Crippen molar-refractivity contribution in [1.82, 2.24) is 0 Å². The first-order valence-corrected chi connectivity index (χ1v) is 4.60. The van der Waals surface area contributed by atoms with Crippen molar-refractivity contribution in [3.05, 3.63) is 21.8 Å². The third-order valence-electron chi connectivity index (χ3n) is 1.62. The van der Waals surface area contributed by atoms with Gasteiger partial charge in [-0.1, -0.05) is 0 Å². The summed E-state index contributed by atoms with van der Waals surface area (Å²) in [6.45, 7) is 1.68. The van der Waals surface area contributed by atoms with Crippen LogP contribution in [-0.4, -0.2) is 13.2 Å². The van der Waals surface area contributed by atoms with Crippen molar-refractivity contribution >= 4 is 40.7 Å². The van der Waals surface area contributed by atoms with Crippen LogP contribution in [0.1, 0.15) is 0 Å². The molecule has 1 aliphatic heterocycles. The monoisotopic (exact) mass is 297 g/mol. The molecule has 0 bridgehead atoms. The van der Waals surface area contributed by atoms with Gasteiger partial charge in [-0.15, -0.1) is 12.4 Å². The lowest BCUT2D eigenvalue weighted by molar-refractivity contribution is 0.323. The topological polar surface area (TPSA) is 21.3 Å². The van der Waals surface area contributed by atoms with Crippen molar-refractivity contribution in [2.24, 2.45) is 0 Å². The Morgan fingerprint density at radius 3 is 3.08 bits per heavy atom. The SMILES string of the molecule is Cl.Ic1ccc2c(c1)OCCN2. The standard InChI is InChI=1S/C8H8INO.ClH/c9-6-1-2-7-8(5-6)11-4-3-10-7;/h1-2,5,10H,3-4H2;1H. The Balaban J connectivity index is 0.000000720. The van der Waals surface area contributed by atoms with Crippen LogP contribution in [0.4, 0.5) is 5.69 Å². The van der Waals surface area contributed by atoms with E-state index in [2.05, 4.69) is 40.0 Å². The predicted octanol–water partition coefficient (Wildman–Crippen LogP) is 2.52. The number of hydrogen-bond acceptors (Lipinski definition) is 2. The number of ether oxygens (including phenoxy) is 1. The Bertz CT molecular complexity index is 280. The number of hydrogen-bond donors (Lipinski definition) is 1. The predicted molar refractivity (Wildman–Crippen MR) is 60.4 cm³/mol. The summed E-state index contributed by atoms with van der Waals surface area (Å²) >= 11 is 2.28. The van der Waals surface area contributed by atoms with Gasteiger partial charge in [0.15, 0.2) is 0 Å². The van der Waals surface area contributed by atoms with Gasteiger partial charge in [0.1, 0.15) is 12.4 Å². The van der Waals surface area contributed by atoms with Gasteiger partial charge in [0.2, 0.25) is 0 Å². The molecule has 0 atom stereocenters. The number of nitrogens with one attached hydrogen (secondary N) is 1. The van der Waals surface area contributed by atoms with E-state index in [1.54, 1.807) is 0 Å². The third-order valence-corrected chi connectivity index (χ3v) is 2.29. The van der Waals surface area contributed by atoms with E-state index in [0.29, 0.717) is 0 Å². The molecular formula is C8H9ClINO. The van der Waals surface area contributed by atoms with Crippen LogP contribution in [0.5, 0.6) is 5.75 Å². The molecule has 0 spiro atoms. The maximum absolute atomic E-state index is 5.44. The van der Waals surface area contributed by atoms with Crippen LogP contribution in [0.25, 0.3) is 0 Å². The van der Waals surface area contributed by atoms with Crippen molar-refractivity contribution in [2.75, 3.05) is 18.5 Å². The molecule has 0 saturated carbocycles. The minimum absolute atomic E-state index is 0. The first kappa shape index (κ1) is 9.92. The average molecular weight is 298 g/mol. The first-order valence-electron chi connectivity index (χ1n) is 3.52. The van der Waals surface area contributed by atoms with E-state index < -0.39 is 0 Å². The molecule has 12 heavy (non-hydrogen) atoms. The van der Waals surface area contributed by atoms with Gasteiger partial charge in [0, 0.05) is 10.1 Å². The van der Waals surface area contributed by atoms with Gasteiger partial charge in [-0.25, -0.2) is 0 Å². The zero-order chi connectivity index (χ0) is 7.68. The first-order chi connectivity index (χ1) is 5.36. The van der Waals surface area contributed by atoms with Crippen LogP contribution in [-0.2, 0) is 0 Å². The Hall–Kier alpha value is -0.160. The van der Waals surface area contributed by atoms with Crippen molar-refractivity contribution in [3.63, 3.8) is 0 Å². The zero-order valence-electron chi connectivity index (χ0n) is 6.34. The van der Waals surface area contributed by atoms with Crippen molar-refractivity contribution < 1.29 is 4.74 Å². The van der Waals surface area contributed by atoms with Crippen molar-refractivity contribution in [2.45, 2.75) is 0 Å². The summed E-state index contributed by atoms with van der Waals surface area (Å²) < 4.78 is 6.65. The quantitative estimate of drug-likeness (QED) is 0.743. The number of fused-ring (bicyclic) bond motifs is 1. The van der Waals surface area contributed by atoms with Crippen LogP contribution < -0.4 is 10.1 Å². The molecule has 0 fully saturated rings. The highest BCUT2D eigenvalue weighted by molar-refractivity contribution is 14.1. The molecule has 2 nitrogen and oxygen atoms in total. The molecule has 0 aromatic heterocycles. The third kappa shape index (κ3) is 1.95. The maximum Gasteiger partial charge on any atom is 0.143 e. The zero-order valence-corrected chi connectivity index (χ0v) is 9.31. The molecule has 4 heteroatoms. The second kappa shape index (κ2) is 4.18. The normalized spacial score (nSPS) is 13.4. The van der Waals surface area contributed by atoms with Crippen LogP contribution in [0.15, 0.2) is 18.2 Å². The second-order valence-electron chi connectivity index (χ2n) is 2.42. The highest BCUT2D eigenvalue weighted by Gasteiger charge is 2.07. The molecule has 1 aromatic rings. The number of benzene rings is 1. The summed E-state index contributed by atoms with van der Waals surface area (Å²) in [7, 11) is 0. The van der Waals surface area contributed by atoms with Gasteiger partial charge >= 0.3 is 0 Å². The van der Waals surface area contributed by atoms with Crippen molar-refractivity contribution in [1.29, 1.82) is 0 Å². The highest BCUT2D eigenvalue weighted by atomic mass is 127. The number of halogens is 2. The van der Waals surface area contributed by atoms with E-state index in [1.807, 2.05) is 6.07 Å². The van der Waals surface area contributed by atoms with Gasteiger partial charge in [-0.3, -0.25) is 0 Å². The molecular weight excluding hydrogens is 288 g/mol. The molecule has 1 aromatic carbocycles. The summed E-state index contributed by atoms with van der Waals surface area (Å²) in [6, 6.07) is 6.17. The minimum atomic E-state index is 0. The summed E-state index contributed by atoms with van der Waals surface area (Å²) in [6.07, 6.45) is 0. The maximum atomic E-state index is 5.44. The smallest absolute Gasteiger partial charge is 0.143 e. The van der Waals surface area contributed by atoms with E-state index in [4.69, 9.17) is 4.74 Å². The number of anilines is 1. The fourth-order valence-electron chi connectivity index (χ4n) is 1.11. The molecule has 0 radical (unpaired) electrons. The molecule has 0 unspecified atom stereocenters. The lowest BCUT2D eigenvalue weighted by Gasteiger charge is -2.18. The summed E-state index contributed by atoms with van der Waals surface area (Å²) in [5, 5.41) is 3.26. The van der Waals surface area contributed by atoms with Gasteiger partial charge in [-0.2, -0.15) is 0 Å². The highest BCUT2D eigenvalue weighted by Crippen LogP contribution is 2.28. The van der Waals surface area contributed by atoms with Gasteiger partial charge < -0.3 is 10.1 Å².